The predicted octanol–water partition coefficient (Wildman–Crippen LogP) is 10.5. The summed E-state index contributed by atoms with van der Waals surface area (Å²) in [5.41, 5.74) is 3.29. The van der Waals surface area contributed by atoms with Crippen LogP contribution in [-0.2, 0) is 0 Å². The molecule has 0 nitrogen and oxygen atoms in total. The molecule has 0 atom stereocenters. The van der Waals surface area contributed by atoms with Gasteiger partial charge in [-0.3, -0.25) is 0 Å². The standard InChI is InChI=1S/C30H50/c1-3-7-11-15-19-27(20-16-12-8-4-1)29-23-25-30(26-24-29)28-21-17-13-9-5-2-6-10-14-18-22-28/h23-28H,1-22H2. The van der Waals surface area contributed by atoms with E-state index in [4.69, 9.17) is 0 Å². The Morgan fingerprint density at radius 3 is 0.733 bits per heavy atom. The fourth-order valence-corrected chi connectivity index (χ4v) is 6.03. The molecule has 0 heterocycles. The van der Waals surface area contributed by atoms with E-state index in [9.17, 15) is 0 Å². The maximum absolute atomic E-state index is 2.53. The van der Waals surface area contributed by atoms with Crippen LogP contribution in [0.15, 0.2) is 24.3 Å². The monoisotopic (exact) mass is 410 g/mol. The van der Waals surface area contributed by atoms with Gasteiger partial charge in [0.25, 0.3) is 0 Å². The summed E-state index contributed by atoms with van der Waals surface area (Å²) in [7, 11) is 0. The summed E-state index contributed by atoms with van der Waals surface area (Å²) in [6, 6.07) is 10.1. The van der Waals surface area contributed by atoms with E-state index in [0.717, 1.165) is 11.8 Å². The number of rotatable bonds is 2. The Balaban J connectivity index is 1.57. The molecule has 0 bridgehead atoms. The molecule has 2 aliphatic carbocycles. The maximum Gasteiger partial charge on any atom is -0.0162 e. The Bertz CT molecular complexity index is 454. The lowest BCUT2D eigenvalue weighted by Gasteiger charge is -2.21. The van der Waals surface area contributed by atoms with Crippen molar-refractivity contribution in [2.24, 2.45) is 0 Å². The third kappa shape index (κ3) is 9.15. The normalized spacial score (nSPS) is 23.5. The lowest BCUT2D eigenvalue weighted by molar-refractivity contribution is 0.464. The summed E-state index contributed by atoms with van der Waals surface area (Å²) >= 11 is 0. The second kappa shape index (κ2) is 15.1. The minimum absolute atomic E-state index is 0.815. The van der Waals surface area contributed by atoms with Gasteiger partial charge in [-0.2, -0.15) is 0 Å². The minimum Gasteiger partial charge on any atom is -0.0585 e. The highest BCUT2D eigenvalue weighted by Crippen LogP contribution is 2.33. The van der Waals surface area contributed by atoms with Crippen LogP contribution in [0.3, 0.4) is 0 Å². The van der Waals surface area contributed by atoms with E-state index in [0.29, 0.717) is 0 Å². The molecule has 2 aliphatic rings. The third-order valence-electron chi connectivity index (χ3n) is 8.09. The van der Waals surface area contributed by atoms with Crippen LogP contribution in [0.2, 0.25) is 0 Å². The van der Waals surface area contributed by atoms with E-state index in [1.54, 1.807) is 11.1 Å². The van der Waals surface area contributed by atoms with Gasteiger partial charge >= 0.3 is 0 Å². The molecular weight excluding hydrogens is 360 g/mol. The third-order valence-corrected chi connectivity index (χ3v) is 8.09. The van der Waals surface area contributed by atoms with E-state index in [1.807, 2.05) is 0 Å². The number of benzene rings is 1. The van der Waals surface area contributed by atoms with Crippen molar-refractivity contribution in [3.8, 4) is 0 Å². The van der Waals surface area contributed by atoms with E-state index >= 15 is 0 Å². The second-order valence-corrected chi connectivity index (χ2v) is 10.6. The van der Waals surface area contributed by atoms with Crippen molar-refractivity contribution in [2.75, 3.05) is 0 Å². The molecule has 0 amide bonds. The van der Waals surface area contributed by atoms with Crippen molar-refractivity contribution in [1.82, 2.24) is 0 Å². The Hall–Kier alpha value is -0.780. The van der Waals surface area contributed by atoms with Gasteiger partial charge in [-0.15, -0.1) is 0 Å². The fraction of sp³-hybridized carbons (Fsp3) is 0.800. The molecule has 3 rings (SSSR count). The van der Waals surface area contributed by atoms with E-state index in [1.165, 1.54) is 141 Å². The highest BCUT2D eigenvalue weighted by molar-refractivity contribution is 5.28. The minimum atomic E-state index is 0.815. The van der Waals surface area contributed by atoms with Crippen molar-refractivity contribution < 1.29 is 0 Å². The average molecular weight is 411 g/mol. The lowest BCUT2D eigenvalue weighted by Crippen LogP contribution is -2.03. The van der Waals surface area contributed by atoms with Crippen molar-refractivity contribution in [1.29, 1.82) is 0 Å². The smallest absolute Gasteiger partial charge is 0.0162 e. The van der Waals surface area contributed by atoms with Gasteiger partial charge in [-0.25, -0.2) is 0 Å². The first-order valence-electron chi connectivity index (χ1n) is 14.0. The zero-order chi connectivity index (χ0) is 20.7. The van der Waals surface area contributed by atoms with Crippen LogP contribution in [0.25, 0.3) is 0 Å². The van der Waals surface area contributed by atoms with Crippen LogP contribution in [0.5, 0.6) is 0 Å². The lowest BCUT2D eigenvalue weighted by atomic mass is 9.84. The SMILES string of the molecule is c1cc(C2CCCCCCCCCCC2)ccc1C1CCCCCCCCCCC1. The molecule has 170 valence electrons. The average Bonchev–Trinajstić information content (AvgIpc) is 2.75. The van der Waals surface area contributed by atoms with Gasteiger partial charge in [-0.05, 0) is 48.6 Å². The zero-order valence-electron chi connectivity index (χ0n) is 20.0. The van der Waals surface area contributed by atoms with Crippen LogP contribution in [0.4, 0.5) is 0 Å². The van der Waals surface area contributed by atoms with Crippen LogP contribution in [-0.4, -0.2) is 0 Å². The molecular formula is C30H50. The van der Waals surface area contributed by atoms with Crippen LogP contribution >= 0.6 is 0 Å². The topological polar surface area (TPSA) is 0 Å². The first kappa shape index (κ1) is 23.9. The van der Waals surface area contributed by atoms with Crippen LogP contribution in [0, 0.1) is 0 Å². The van der Waals surface area contributed by atoms with Gasteiger partial charge < -0.3 is 0 Å². The van der Waals surface area contributed by atoms with Gasteiger partial charge in [-0.1, -0.05) is 140 Å². The molecule has 2 fully saturated rings. The first-order valence-corrected chi connectivity index (χ1v) is 14.0. The van der Waals surface area contributed by atoms with Crippen molar-refractivity contribution in [3.05, 3.63) is 35.4 Å². The number of hydrogen-bond acceptors (Lipinski definition) is 0. The van der Waals surface area contributed by atoms with Gasteiger partial charge in [0.1, 0.15) is 0 Å². The molecule has 0 heteroatoms. The highest BCUT2D eigenvalue weighted by atomic mass is 14.2. The summed E-state index contributed by atoms with van der Waals surface area (Å²) in [6.07, 6.45) is 32.0. The Kier molecular flexibility index (Phi) is 12.0. The Labute approximate surface area is 188 Å². The molecule has 0 saturated heterocycles. The van der Waals surface area contributed by atoms with Crippen molar-refractivity contribution in [3.63, 3.8) is 0 Å². The Morgan fingerprint density at radius 2 is 0.500 bits per heavy atom. The van der Waals surface area contributed by atoms with E-state index in [2.05, 4.69) is 24.3 Å². The molecule has 0 radical (unpaired) electrons. The summed E-state index contributed by atoms with van der Waals surface area (Å²) < 4.78 is 0. The molecule has 0 aliphatic heterocycles. The molecule has 2 saturated carbocycles. The van der Waals surface area contributed by atoms with Gasteiger partial charge in [0.05, 0.1) is 0 Å². The zero-order valence-corrected chi connectivity index (χ0v) is 20.0. The largest absolute Gasteiger partial charge is 0.0585 e. The first-order chi connectivity index (χ1) is 14.9. The highest BCUT2D eigenvalue weighted by Gasteiger charge is 2.15. The molecule has 0 aromatic heterocycles. The van der Waals surface area contributed by atoms with Crippen molar-refractivity contribution >= 4 is 0 Å². The molecule has 1 aromatic carbocycles. The van der Waals surface area contributed by atoms with Gasteiger partial charge in [0.15, 0.2) is 0 Å². The summed E-state index contributed by atoms with van der Waals surface area (Å²) in [5, 5.41) is 0. The van der Waals surface area contributed by atoms with Crippen molar-refractivity contribution in [2.45, 2.75) is 153 Å². The van der Waals surface area contributed by atoms with E-state index in [-0.39, 0.29) is 0 Å². The molecule has 0 spiro atoms. The predicted molar refractivity (Wildman–Crippen MR) is 133 cm³/mol. The summed E-state index contributed by atoms with van der Waals surface area (Å²) in [5.74, 6) is 1.63. The van der Waals surface area contributed by atoms with Crippen LogP contribution < -0.4 is 0 Å². The van der Waals surface area contributed by atoms with E-state index < -0.39 is 0 Å². The quantitative estimate of drug-likeness (QED) is 0.454. The van der Waals surface area contributed by atoms with Gasteiger partial charge in [0, 0.05) is 0 Å². The second-order valence-electron chi connectivity index (χ2n) is 10.6. The maximum atomic E-state index is 2.53. The molecule has 1 aromatic rings. The summed E-state index contributed by atoms with van der Waals surface area (Å²) in [4.78, 5) is 0. The number of hydrogen-bond donors (Lipinski definition) is 0. The fourth-order valence-electron chi connectivity index (χ4n) is 6.03. The molecule has 30 heavy (non-hydrogen) atoms. The van der Waals surface area contributed by atoms with Gasteiger partial charge in [0.2, 0.25) is 0 Å². The Morgan fingerprint density at radius 1 is 0.300 bits per heavy atom. The molecule has 0 unspecified atom stereocenters. The molecule has 0 N–H and O–H groups in total. The summed E-state index contributed by atoms with van der Waals surface area (Å²) in [6.45, 7) is 0. The van der Waals surface area contributed by atoms with Crippen LogP contribution in [0.1, 0.15) is 164 Å².